The summed E-state index contributed by atoms with van der Waals surface area (Å²) in [5, 5.41) is 2.28. The SMILES string of the molecule is O.O.[Cu+2].[O-][Cl+3]([O-])([O-])[O-].[O-][Cl+3]([O-])([O-])[O-].c1ccc(CN(Cc2ccccn2)Cc2ccccn2)cc1.c1cnc2c(c1)ccc1cccnc12. The summed E-state index contributed by atoms with van der Waals surface area (Å²) < 4.78 is 67.9. The molecule has 0 spiro atoms. The normalized spacial score (nSPS) is 10.4. The molecule has 0 saturated carbocycles. The van der Waals surface area contributed by atoms with E-state index in [1.54, 1.807) is 12.4 Å². The van der Waals surface area contributed by atoms with E-state index in [1.165, 1.54) is 5.56 Å². The van der Waals surface area contributed by atoms with Crippen molar-refractivity contribution in [2.24, 2.45) is 0 Å². The molecule has 0 bridgehead atoms. The first-order valence-electron chi connectivity index (χ1n) is 13.2. The average Bonchev–Trinajstić information content (AvgIpc) is 3.01. The Bertz CT molecular complexity index is 1560. The summed E-state index contributed by atoms with van der Waals surface area (Å²) in [4.78, 5) is 19.9. The van der Waals surface area contributed by atoms with Gasteiger partial charge in [0.1, 0.15) is 0 Å². The van der Waals surface area contributed by atoms with Gasteiger partial charge in [-0.1, -0.05) is 66.7 Å². The van der Waals surface area contributed by atoms with Gasteiger partial charge in [-0.3, -0.25) is 24.8 Å². The van der Waals surface area contributed by atoms with E-state index in [2.05, 4.69) is 85.5 Å². The summed E-state index contributed by atoms with van der Waals surface area (Å²) >= 11 is 0. The Hall–Kier alpha value is -3.78. The molecule has 1 radical (unpaired) electrons. The van der Waals surface area contributed by atoms with Crippen LogP contribution in [0.5, 0.6) is 0 Å². The molecule has 2 aromatic carbocycles. The van der Waals surface area contributed by atoms with E-state index < -0.39 is 20.5 Å². The van der Waals surface area contributed by atoms with Gasteiger partial charge >= 0.3 is 17.1 Å². The summed E-state index contributed by atoms with van der Waals surface area (Å²) in [6, 6.07) is 34.7. The summed E-state index contributed by atoms with van der Waals surface area (Å²) in [7, 11) is -9.89. The Balaban J connectivity index is 0.000000733. The van der Waals surface area contributed by atoms with Gasteiger partial charge in [0.25, 0.3) is 0 Å². The molecule has 0 aliphatic heterocycles. The first-order chi connectivity index (χ1) is 21.8. The molecule has 0 aliphatic rings. The maximum absolute atomic E-state index is 8.49. The number of fused-ring (bicyclic) bond motifs is 3. The molecule has 265 valence electrons. The van der Waals surface area contributed by atoms with Gasteiger partial charge in [-0.25, -0.2) is 37.3 Å². The van der Waals surface area contributed by atoms with Crippen molar-refractivity contribution < 1.29 is 85.8 Å². The first kappa shape index (κ1) is 45.2. The number of aromatic nitrogens is 4. The van der Waals surface area contributed by atoms with E-state index in [0.717, 1.165) is 52.8 Å². The second-order valence-corrected chi connectivity index (χ2v) is 10.8. The Morgan fingerprint density at radius 2 is 0.796 bits per heavy atom. The zero-order valence-electron chi connectivity index (χ0n) is 25.3. The first-order valence-corrected chi connectivity index (χ1v) is 15.7. The minimum Gasteiger partial charge on any atom is -0.412 e. The van der Waals surface area contributed by atoms with E-state index in [0.29, 0.717) is 0 Å². The van der Waals surface area contributed by atoms with Crippen LogP contribution in [0.1, 0.15) is 17.0 Å². The predicted octanol–water partition coefficient (Wildman–Crippen LogP) is -4.70. The van der Waals surface area contributed by atoms with Crippen LogP contribution in [0.15, 0.2) is 128 Å². The van der Waals surface area contributed by atoms with Gasteiger partial charge in [-0.05, 0) is 42.0 Å². The van der Waals surface area contributed by atoms with Gasteiger partial charge in [-0.2, -0.15) is 0 Å². The molecule has 0 saturated heterocycles. The fraction of sp³-hybridized carbons (Fsp3) is 0.0968. The molecule has 15 nitrogen and oxygen atoms in total. The van der Waals surface area contributed by atoms with Crippen molar-refractivity contribution in [3.8, 4) is 0 Å². The number of halogens is 2. The second kappa shape index (κ2) is 22.8. The standard InChI is InChI=1S/C19H19N3.C12H8N2.2ClHO4.Cu.2H2O/c1-2-8-17(9-3-1)14-22(15-18-10-4-6-12-20-18)16-19-11-5-7-13-21-19;1-3-9-5-6-10-4-2-8-14-12(10)11(9)13-7-1;2*2-1(3,4)5;;;/h1-13H,14-16H2;1-8H;2*(H,2,3,4,5);;2*1H2/q;;;;+2;;/p-2. The summed E-state index contributed by atoms with van der Waals surface area (Å²) in [5.41, 5.74) is 5.41. The predicted molar refractivity (Wildman–Crippen MR) is 152 cm³/mol. The van der Waals surface area contributed by atoms with Gasteiger partial charge < -0.3 is 11.0 Å². The van der Waals surface area contributed by atoms with Gasteiger partial charge in [0, 0.05) is 55.2 Å². The minimum absolute atomic E-state index is 0. The van der Waals surface area contributed by atoms with Gasteiger partial charge in [0.15, 0.2) is 0 Å². The third kappa shape index (κ3) is 19.7. The molecule has 0 amide bonds. The summed E-state index contributed by atoms with van der Waals surface area (Å²) in [6.45, 7) is 2.51. The Morgan fingerprint density at radius 1 is 0.429 bits per heavy atom. The molecule has 4 aromatic heterocycles. The van der Waals surface area contributed by atoms with Crippen LogP contribution in [0.4, 0.5) is 0 Å². The fourth-order valence-corrected chi connectivity index (χ4v) is 4.13. The molecule has 0 fully saturated rings. The van der Waals surface area contributed by atoms with E-state index in [9.17, 15) is 0 Å². The number of benzene rings is 2. The topological polar surface area (TPSA) is 302 Å². The Kier molecular flexibility index (Phi) is 21.0. The van der Waals surface area contributed by atoms with Crippen molar-refractivity contribution >= 4 is 21.8 Å². The van der Waals surface area contributed by atoms with Gasteiger partial charge in [-0.15, -0.1) is 20.5 Å². The molecule has 6 rings (SSSR count). The number of nitrogens with zero attached hydrogens (tertiary/aromatic N) is 5. The van der Waals surface area contributed by atoms with Crippen molar-refractivity contribution in [2.75, 3.05) is 0 Å². The molecule has 18 heteroatoms. The number of hydrogen-bond donors (Lipinski definition) is 0. The molecular weight excluding hydrogens is 737 g/mol. The van der Waals surface area contributed by atoms with Crippen LogP contribution in [0.2, 0.25) is 0 Å². The molecule has 0 atom stereocenters. The van der Waals surface area contributed by atoms with E-state index >= 15 is 0 Å². The van der Waals surface area contributed by atoms with E-state index in [4.69, 9.17) is 37.3 Å². The molecular formula is C31H31Cl2CuN5O10. The molecule has 4 heterocycles. The van der Waals surface area contributed by atoms with Crippen LogP contribution in [0, 0.1) is 20.5 Å². The van der Waals surface area contributed by atoms with Crippen molar-refractivity contribution in [2.45, 2.75) is 19.6 Å². The molecule has 6 aromatic rings. The average molecular weight is 768 g/mol. The van der Waals surface area contributed by atoms with Crippen LogP contribution in [0.3, 0.4) is 0 Å². The van der Waals surface area contributed by atoms with Crippen LogP contribution >= 0.6 is 0 Å². The minimum atomic E-state index is -4.94. The quantitative estimate of drug-likeness (QED) is 0.114. The van der Waals surface area contributed by atoms with E-state index in [1.807, 2.05) is 54.9 Å². The molecule has 0 aliphatic carbocycles. The second-order valence-electron chi connectivity index (χ2n) is 9.24. The summed E-state index contributed by atoms with van der Waals surface area (Å²) in [5.74, 6) is 0. The maximum Gasteiger partial charge on any atom is 2.00 e. The van der Waals surface area contributed by atoms with Crippen LogP contribution in [-0.4, -0.2) is 35.8 Å². The molecule has 4 N–H and O–H groups in total. The Labute approximate surface area is 296 Å². The van der Waals surface area contributed by atoms with Crippen molar-refractivity contribution in [1.82, 2.24) is 24.8 Å². The smallest absolute Gasteiger partial charge is 0.412 e. The fourth-order valence-electron chi connectivity index (χ4n) is 4.13. The third-order valence-corrected chi connectivity index (χ3v) is 5.82. The van der Waals surface area contributed by atoms with E-state index in [-0.39, 0.29) is 28.0 Å². The van der Waals surface area contributed by atoms with Crippen LogP contribution in [0.25, 0.3) is 21.8 Å². The van der Waals surface area contributed by atoms with Gasteiger partial charge in [0.05, 0.1) is 22.4 Å². The largest absolute Gasteiger partial charge is 2.00 e. The summed E-state index contributed by atoms with van der Waals surface area (Å²) in [6.07, 6.45) is 7.29. The van der Waals surface area contributed by atoms with Crippen molar-refractivity contribution in [3.05, 3.63) is 145 Å². The van der Waals surface area contributed by atoms with Crippen molar-refractivity contribution in [3.63, 3.8) is 0 Å². The number of rotatable bonds is 6. The third-order valence-electron chi connectivity index (χ3n) is 5.82. The zero-order chi connectivity index (χ0) is 33.4. The van der Waals surface area contributed by atoms with Crippen molar-refractivity contribution in [1.29, 1.82) is 0 Å². The maximum atomic E-state index is 8.49. The zero-order valence-corrected chi connectivity index (χ0v) is 27.8. The Morgan fingerprint density at radius 3 is 1.16 bits per heavy atom. The monoisotopic (exact) mass is 766 g/mol. The van der Waals surface area contributed by atoms with Gasteiger partial charge in [0.2, 0.25) is 0 Å². The van der Waals surface area contributed by atoms with Crippen LogP contribution < -0.4 is 37.3 Å². The van der Waals surface area contributed by atoms with Crippen LogP contribution in [-0.2, 0) is 36.7 Å². The molecule has 49 heavy (non-hydrogen) atoms. The number of hydrogen-bond acceptors (Lipinski definition) is 13. The number of pyridine rings is 4. The molecule has 0 unspecified atom stereocenters.